The van der Waals surface area contributed by atoms with Crippen molar-refractivity contribution in [3.8, 4) is 0 Å². The first-order chi connectivity index (χ1) is 8.11. The molecule has 98 valence electrons. The second-order valence-electron chi connectivity index (χ2n) is 4.97. The topological polar surface area (TPSA) is 63.4 Å². The van der Waals surface area contributed by atoms with Crippen LogP contribution in [0.1, 0.15) is 57.8 Å². The van der Waals surface area contributed by atoms with Gasteiger partial charge in [0.15, 0.2) is 0 Å². The zero-order valence-electron chi connectivity index (χ0n) is 10.8. The third-order valence-corrected chi connectivity index (χ3v) is 3.58. The van der Waals surface area contributed by atoms with Crippen LogP contribution in [0, 0.1) is 0 Å². The molecule has 1 rings (SSSR count). The van der Waals surface area contributed by atoms with Gasteiger partial charge < -0.3 is 10.6 Å². The number of rotatable bonds is 6. The SMILES string of the molecule is CN(C(=O)CCCCC(N)=O)C1CCCCC1. The summed E-state index contributed by atoms with van der Waals surface area (Å²) in [6.45, 7) is 0. The van der Waals surface area contributed by atoms with E-state index in [4.69, 9.17) is 5.73 Å². The smallest absolute Gasteiger partial charge is 0.222 e. The fourth-order valence-electron chi connectivity index (χ4n) is 2.42. The minimum absolute atomic E-state index is 0.210. The number of unbranched alkanes of at least 4 members (excludes halogenated alkanes) is 1. The van der Waals surface area contributed by atoms with Crippen LogP contribution in [-0.2, 0) is 9.59 Å². The fourth-order valence-corrected chi connectivity index (χ4v) is 2.42. The molecule has 4 nitrogen and oxygen atoms in total. The van der Waals surface area contributed by atoms with E-state index in [0.29, 0.717) is 18.9 Å². The van der Waals surface area contributed by atoms with Gasteiger partial charge in [0, 0.05) is 25.9 Å². The van der Waals surface area contributed by atoms with Gasteiger partial charge in [0.05, 0.1) is 0 Å². The first-order valence-electron chi connectivity index (χ1n) is 6.65. The Morgan fingerprint density at radius 1 is 1.12 bits per heavy atom. The summed E-state index contributed by atoms with van der Waals surface area (Å²) in [5, 5.41) is 0. The van der Waals surface area contributed by atoms with Crippen LogP contribution in [0.5, 0.6) is 0 Å². The maximum absolute atomic E-state index is 11.9. The standard InChI is InChI=1S/C13H24N2O2/c1-15(11-7-3-2-4-8-11)13(17)10-6-5-9-12(14)16/h11H,2-10H2,1H3,(H2,14,16). The maximum atomic E-state index is 11.9. The Morgan fingerprint density at radius 2 is 1.71 bits per heavy atom. The molecule has 1 saturated carbocycles. The van der Waals surface area contributed by atoms with E-state index in [1.54, 1.807) is 0 Å². The lowest BCUT2D eigenvalue weighted by molar-refractivity contribution is -0.132. The molecule has 4 heteroatoms. The molecule has 0 saturated heterocycles. The van der Waals surface area contributed by atoms with E-state index in [0.717, 1.165) is 25.7 Å². The minimum Gasteiger partial charge on any atom is -0.370 e. The van der Waals surface area contributed by atoms with E-state index in [1.165, 1.54) is 19.3 Å². The van der Waals surface area contributed by atoms with Crippen LogP contribution >= 0.6 is 0 Å². The van der Waals surface area contributed by atoms with Crippen LogP contribution < -0.4 is 5.73 Å². The number of amides is 2. The van der Waals surface area contributed by atoms with Crippen molar-refractivity contribution < 1.29 is 9.59 Å². The van der Waals surface area contributed by atoms with Crippen LogP contribution in [0.15, 0.2) is 0 Å². The van der Waals surface area contributed by atoms with Gasteiger partial charge in [-0.3, -0.25) is 9.59 Å². The second-order valence-corrected chi connectivity index (χ2v) is 4.97. The average molecular weight is 240 g/mol. The van der Waals surface area contributed by atoms with Crippen molar-refractivity contribution in [2.24, 2.45) is 5.73 Å². The number of carbonyl (C=O) groups excluding carboxylic acids is 2. The van der Waals surface area contributed by atoms with Crippen LogP contribution in [0.2, 0.25) is 0 Å². The number of hydrogen-bond acceptors (Lipinski definition) is 2. The van der Waals surface area contributed by atoms with Crippen molar-refractivity contribution in [1.29, 1.82) is 0 Å². The largest absolute Gasteiger partial charge is 0.370 e. The Labute approximate surface area is 104 Å². The molecule has 2 N–H and O–H groups in total. The lowest BCUT2D eigenvalue weighted by atomic mass is 9.94. The summed E-state index contributed by atoms with van der Waals surface area (Å²) in [5.41, 5.74) is 5.05. The molecule has 0 heterocycles. The Bertz CT molecular complexity index is 260. The number of nitrogens with zero attached hydrogens (tertiary/aromatic N) is 1. The lowest BCUT2D eigenvalue weighted by Crippen LogP contribution is -2.38. The summed E-state index contributed by atoms with van der Waals surface area (Å²) >= 11 is 0. The first-order valence-corrected chi connectivity index (χ1v) is 6.65. The second kappa shape index (κ2) is 7.30. The van der Waals surface area contributed by atoms with Gasteiger partial charge in [-0.2, -0.15) is 0 Å². The van der Waals surface area contributed by atoms with E-state index in [2.05, 4.69) is 0 Å². The molecule has 0 radical (unpaired) electrons. The summed E-state index contributed by atoms with van der Waals surface area (Å²) < 4.78 is 0. The zero-order chi connectivity index (χ0) is 12.7. The highest BCUT2D eigenvalue weighted by molar-refractivity contribution is 5.76. The molecule has 0 aromatic carbocycles. The molecule has 0 spiro atoms. The highest BCUT2D eigenvalue weighted by atomic mass is 16.2. The average Bonchev–Trinajstić information content (AvgIpc) is 2.34. The Hall–Kier alpha value is -1.06. The fraction of sp³-hybridized carbons (Fsp3) is 0.846. The van der Waals surface area contributed by atoms with Crippen LogP contribution in [0.3, 0.4) is 0 Å². The quantitative estimate of drug-likeness (QED) is 0.720. The van der Waals surface area contributed by atoms with Crippen molar-refractivity contribution in [2.45, 2.75) is 63.8 Å². The Balaban J connectivity index is 2.19. The van der Waals surface area contributed by atoms with Crippen molar-refractivity contribution in [1.82, 2.24) is 4.90 Å². The predicted octanol–water partition coefficient (Wildman–Crippen LogP) is 1.82. The first kappa shape index (κ1) is 14.0. The van der Waals surface area contributed by atoms with Crippen molar-refractivity contribution >= 4 is 11.8 Å². The van der Waals surface area contributed by atoms with Gasteiger partial charge >= 0.3 is 0 Å². The molecule has 1 aliphatic rings. The van der Waals surface area contributed by atoms with Gasteiger partial charge in [-0.15, -0.1) is 0 Å². The summed E-state index contributed by atoms with van der Waals surface area (Å²) in [7, 11) is 1.91. The minimum atomic E-state index is -0.280. The van der Waals surface area contributed by atoms with E-state index < -0.39 is 0 Å². The van der Waals surface area contributed by atoms with Crippen molar-refractivity contribution in [3.05, 3.63) is 0 Å². The molecule has 0 unspecified atom stereocenters. The van der Waals surface area contributed by atoms with E-state index in [-0.39, 0.29) is 11.8 Å². The summed E-state index contributed by atoms with van der Waals surface area (Å²) in [6, 6.07) is 0.437. The lowest BCUT2D eigenvalue weighted by Gasteiger charge is -2.31. The van der Waals surface area contributed by atoms with E-state index in [9.17, 15) is 9.59 Å². The van der Waals surface area contributed by atoms with Gasteiger partial charge in [-0.1, -0.05) is 19.3 Å². The van der Waals surface area contributed by atoms with Gasteiger partial charge in [0.25, 0.3) is 0 Å². The normalized spacial score (nSPS) is 16.8. The number of nitrogens with two attached hydrogens (primary N) is 1. The molecule has 1 aliphatic carbocycles. The van der Waals surface area contributed by atoms with Crippen LogP contribution in [0.25, 0.3) is 0 Å². The molecular formula is C13H24N2O2. The molecule has 2 amide bonds. The molecule has 0 atom stereocenters. The monoisotopic (exact) mass is 240 g/mol. The van der Waals surface area contributed by atoms with Gasteiger partial charge in [0.1, 0.15) is 0 Å². The summed E-state index contributed by atoms with van der Waals surface area (Å²) in [4.78, 5) is 24.4. The molecule has 17 heavy (non-hydrogen) atoms. The molecule has 1 fully saturated rings. The van der Waals surface area contributed by atoms with Crippen molar-refractivity contribution in [2.75, 3.05) is 7.05 Å². The number of hydrogen-bond donors (Lipinski definition) is 1. The maximum Gasteiger partial charge on any atom is 0.222 e. The van der Waals surface area contributed by atoms with Crippen LogP contribution in [0.4, 0.5) is 0 Å². The molecule has 0 aromatic rings. The van der Waals surface area contributed by atoms with Crippen molar-refractivity contribution in [3.63, 3.8) is 0 Å². The molecule has 0 bridgehead atoms. The third-order valence-electron chi connectivity index (χ3n) is 3.58. The molecular weight excluding hydrogens is 216 g/mol. The van der Waals surface area contributed by atoms with Gasteiger partial charge in [-0.05, 0) is 25.7 Å². The van der Waals surface area contributed by atoms with E-state index in [1.807, 2.05) is 11.9 Å². The molecule has 0 aliphatic heterocycles. The Kier molecular flexibility index (Phi) is 6.01. The molecule has 0 aromatic heterocycles. The highest BCUT2D eigenvalue weighted by Crippen LogP contribution is 2.22. The van der Waals surface area contributed by atoms with Crippen LogP contribution in [-0.4, -0.2) is 29.8 Å². The third kappa shape index (κ3) is 5.20. The van der Waals surface area contributed by atoms with Gasteiger partial charge in [-0.25, -0.2) is 0 Å². The number of primary amides is 1. The van der Waals surface area contributed by atoms with E-state index >= 15 is 0 Å². The number of carbonyl (C=O) groups is 2. The summed E-state index contributed by atoms with van der Waals surface area (Å²) in [5.74, 6) is -0.0699. The van der Waals surface area contributed by atoms with Gasteiger partial charge in [0.2, 0.25) is 11.8 Å². The summed E-state index contributed by atoms with van der Waals surface area (Å²) in [6.07, 6.45) is 8.48. The predicted molar refractivity (Wildman–Crippen MR) is 67.3 cm³/mol. The Morgan fingerprint density at radius 3 is 2.29 bits per heavy atom. The zero-order valence-corrected chi connectivity index (χ0v) is 10.8. The highest BCUT2D eigenvalue weighted by Gasteiger charge is 2.21.